The number of alkyl carbamates (subject to hydrolysis) is 1. The molecule has 0 bridgehead atoms. The van der Waals surface area contributed by atoms with Crippen molar-refractivity contribution in [3.05, 3.63) is 0 Å². The van der Waals surface area contributed by atoms with E-state index in [1.807, 2.05) is 6.92 Å². The molecule has 15 heavy (non-hydrogen) atoms. The molecule has 0 aromatic heterocycles. The molecule has 1 atom stereocenters. The van der Waals surface area contributed by atoms with E-state index in [1.54, 1.807) is 0 Å². The third kappa shape index (κ3) is 3.53. The zero-order valence-corrected chi connectivity index (χ0v) is 9.41. The third-order valence-electron chi connectivity index (χ3n) is 3.09. The van der Waals surface area contributed by atoms with E-state index >= 15 is 0 Å². The zero-order valence-electron chi connectivity index (χ0n) is 9.41. The Balaban J connectivity index is 2.44. The number of hydrogen-bond donors (Lipinski definition) is 1. The monoisotopic (exact) mass is 213 g/mol. The van der Waals surface area contributed by atoms with Gasteiger partial charge in [0, 0.05) is 18.9 Å². The number of nitrogens with one attached hydrogen (secondary N) is 1. The van der Waals surface area contributed by atoms with Crippen LogP contribution in [0.15, 0.2) is 0 Å². The summed E-state index contributed by atoms with van der Waals surface area (Å²) in [6.45, 7) is 2.04. The highest BCUT2D eigenvalue weighted by Gasteiger charge is 2.26. The summed E-state index contributed by atoms with van der Waals surface area (Å²) in [4.78, 5) is 22.2. The Kier molecular flexibility index (Phi) is 4.59. The number of methoxy groups -OCH3 is 1. The number of Topliss-reactive ketones (excluding diaryl/α,β-unsaturated/α-hetero) is 1. The summed E-state index contributed by atoms with van der Waals surface area (Å²) in [6, 6.07) is 0.144. The van der Waals surface area contributed by atoms with Crippen molar-refractivity contribution < 1.29 is 14.3 Å². The van der Waals surface area contributed by atoms with Crippen molar-refractivity contribution in [2.24, 2.45) is 5.92 Å². The quantitative estimate of drug-likeness (QED) is 0.778. The number of amides is 1. The molecule has 1 aliphatic carbocycles. The fourth-order valence-electron chi connectivity index (χ4n) is 2.13. The van der Waals surface area contributed by atoms with Crippen molar-refractivity contribution in [2.75, 3.05) is 7.11 Å². The first kappa shape index (κ1) is 12.0. The van der Waals surface area contributed by atoms with Gasteiger partial charge in [-0.15, -0.1) is 0 Å². The summed E-state index contributed by atoms with van der Waals surface area (Å²) in [6.07, 6.45) is 3.60. The molecule has 4 nitrogen and oxygen atoms in total. The molecule has 1 fully saturated rings. The molecule has 0 aliphatic heterocycles. The van der Waals surface area contributed by atoms with E-state index in [1.165, 1.54) is 7.11 Å². The summed E-state index contributed by atoms with van der Waals surface area (Å²) in [5.74, 6) is 0.769. The van der Waals surface area contributed by atoms with Gasteiger partial charge in [0.05, 0.1) is 7.11 Å². The Labute approximate surface area is 90.4 Å². The third-order valence-corrected chi connectivity index (χ3v) is 3.09. The maximum absolute atomic E-state index is 11.1. The molecule has 0 aromatic rings. The van der Waals surface area contributed by atoms with Crippen LogP contribution >= 0.6 is 0 Å². The molecule has 1 unspecified atom stereocenters. The maximum atomic E-state index is 11.1. The average molecular weight is 213 g/mol. The minimum Gasteiger partial charge on any atom is -0.453 e. The zero-order chi connectivity index (χ0) is 11.3. The number of ketones is 1. The maximum Gasteiger partial charge on any atom is 0.407 e. The molecule has 1 saturated carbocycles. The van der Waals surface area contributed by atoms with Gasteiger partial charge in [0.1, 0.15) is 5.78 Å². The Morgan fingerprint density at radius 2 is 2.13 bits per heavy atom. The van der Waals surface area contributed by atoms with Crippen molar-refractivity contribution in [1.29, 1.82) is 0 Å². The van der Waals surface area contributed by atoms with E-state index < -0.39 is 0 Å². The lowest BCUT2D eigenvalue weighted by Crippen LogP contribution is -2.41. The van der Waals surface area contributed by atoms with Gasteiger partial charge in [0.15, 0.2) is 0 Å². The number of hydrogen-bond acceptors (Lipinski definition) is 3. The molecule has 0 aromatic carbocycles. The summed E-state index contributed by atoms with van der Waals surface area (Å²) in [7, 11) is 1.37. The summed E-state index contributed by atoms with van der Waals surface area (Å²) in [5, 5.41) is 2.83. The van der Waals surface area contributed by atoms with Gasteiger partial charge in [-0.1, -0.05) is 6.92 Å². The molecule has 0 heterocycles. The van der Waals surface area contributed by atoms with Gasteiger partial charge in [-0.3, -0.25) is 4.79 Å². The van der Waals surface area contributed by atoms with Gasteiger partial charge < -0.3 is 10.1 Å². The van der Waals surface area contributed by atoms with Crippen molar-refractivity contribution in [2.45, 2.75) is 45.1 Å². The SMILES string of the molecule is CCC(NC(=O)OC)C1CCC(=O)CC1. The second kappa shape index (κ2) is 5.73. The van der Waals surface area contributed by atoms with Crippen LogP contribution in [0.3, 0.4) is 0 Å². The summed E-state index contributed by atoms with van der Waals surface area (Å²) in [5.41, 5.74) is 0. The highest BCUT2D eigenvalue weighted by Crippen LogP contribution is 2.25. The Hall–Kier alpha value is -1.06. The van der Waals surface area contributed by atoms with E-state index in [4.69, 9.17) is 0 Å². The largest absolute Gasteiger partial charge is 0.453 e. The van der Waals surface area contributed by atoms with E-state index in [-0.39, 0.29) is 12.1 Å². The van der Waals surface area contributed by atoms with Crippen molar-refractivity contribution in [3.8, 4) is 0 Å². The minimum absolute atomic E-state index is 0.144. The van der Waals surface area contributed by atoms with E-state index in [9.17, 15) is 9.59 Å². The Morgan fingerprint density at radius 3 is 2.60 bits per heavy atom. The Morgan fingerprint density at radius 1 is 1.53 bits per heavy atom. The smallest absolute Gasteiger partial charge is 0.407 e. The lowest BCUT2D eigenvalue weighted by molar-refractivity contribution is -0.121. The molecule has 1 N–H and O–H groups in total. The van der Waals surface area contributed by atoms with E-state index in [2.05, 4.69) is 10.1 Å². The van der Waals surface area contributed by atoms with Crippen LogP contribution in [0.1, 0.15) is 39.0 Å². The molecule has 1 amide bonds. The van der Waals surface area contributed by atoms with Crippen LogP contribution in [0.4, 0.5) is 4.79 Å². The number of rotatable bonds is 3. The highest BCUT2D eigenvalue weighted by atomic mass is 16.5. The van der Waals surface area contributed by atoms with Crippen LogP contribution in [0.25, 0.3) is 0 Å². The molecule has 1 rings (SSSR count). The minimum atomic E-state index is -0.376. The van der Waals surface area contributed by atoms with Crippen molar-refractivity contribution >= 4 is 11.9 Å². The molecular formula is C11H19NO3. The van der Waals surface area contributed by atoms with Crippen LogP contribution in [0.2, 0.25) is 0 Å². The molecule has 4 heteroatoms. The van der Waals surface area contributed by atoms with Gasteiger partial charge in [0.25, 0.3) is 0 Å². The average Bonchev–Trinajstić information content (AvgIpc) is 2.27. The van der Waals surface area contributed by atoms with Gasteiger partial charge >= 0.3 is 6.09 Å². The molecular weight excluding hydrogens is 194 g/mol. The molecule has 86 valence electrons. The van der Waals surface area contributed by atoms with Gasteiger partial charge in [-0.2, -0.15) is 0 Å². The number of carbonyl (C=O) groups is 2. The van der Waals surface area contributed by atoms with Crippen LogP contribution in [-0.2, 0) is 9.53 Å². The fourth-order valence-corrected chi connectivity index (χ4v) is 2.13. The van der Waals surface area contributed by atoms with Crippen molar-refractivity contribution in [3.63, 3.8) is 0 Å². The molecule has 1 aliphatic rings. The number of ether oxygens (including phenoxy) is 1. The van der Waals surface area contributed by atoms with E-state index in [0.29, 0.717) is 24.5 Å². The summed E-state index contributed by atoms with van der Waals surface area (Å²) < 4.78 is 4.58. The lowest BCUT2D eigenvalue weighted by Gasteiger charge is -2.29. The Bertz CT molecular complexity index is 230. The van der Waals surface area contributed by atoms with Crippen LogP contribution in [-0.4, -0.2) is 25.0 Å². The summed E-state index contributed by atoms with van der Waals surface area (Å²) >= 11 is 0. The lowest BCUT2D eigenvalue weighted by atomic mass is 9.82. The predicted octanol–water partition coefficient (Wildman–Crippen LogP) is 1.88. The predicted molar refractivity (Wildman–Crippen MR) is 56.6 cm³/mol. The molecule has 0 radical (unpaired) electrons. The number of carbonyl (C=O) groups excluding carboxylic acids is 2. The second-order valence-electron chi connectivity index (χ2n) is 4.03. The van der Waals surface area contributed by atoms with Crippen LogP contribution < -0.4 is 5.32 Å². The van der Waals surface area contributed by atoms with Gasteiger partial charge in [-0.25, -0.2) is 4.79 Å². The fraction of sp³-hybridized carbons (Fsp3) is 0.818. The molecule has 0 spiro atoms. The molecule has 0 saturated heterocycles. The standard InChI is InChI=1S/C11H19NO3/c1-3-10(12-11(14)15-2)8-4-6-9(13)7-5-8/h8,10H,3-7H2,1-2H3,(H,12,14). The first-order valence-electron chi connectivity index (χ1n) is 5.53. The van der Waals surface area contributed by atoms with Gasteiger partial charge in [0.2, 0.25) is 0 Å². The van der Waals surface area contributed by atoms with Crippen LogP contribution in [0.5, 0.6) is 0 Å². The van der Waals surface area contributed by atoms with Gasteiger partial charge in [-0.05, 0) is 25.2 Å². The van der Waals surface area contributed by atoms with Crippen LogP contribution in [0, 0.1) is 5.92 Å². The van der Waals surface area contributed by atoms with E-state index in [0.717, 1.165) is 19.3 Å². The highest BCUT2D eigenvalue weighted by molar-refractivity contribution is 5.79. The first-order chi connectivity index (χ1) is 7.17. The first-order valence-corrected chi connectivity index (χ1v) is 5.53. The normalized spacial score (nSPS) is 19.7. The second-order valence-corrected chi connectivity index (χ2v) is 4.03. The van der Waals surface area contributed by atoms with Crippen molar-refractivity contribution in [1.82, 2.24) is 5.32 Å². The topological polar surface area (TPSA) is 55.4 Å².